The maximum Gasteiger partial charge on any atom is 0.271 e. The molecule has 0 spiro atoms. The highest BCUT2D eigenvalue weighted by Gasteiger charge is 2.06. The van der Waals surface area contributed by atoms with E-state index in [4.69, 9.17) is 39.5 Å². The van der Waals surface area contributed by atoms with Gasteiger partial charge in [0.1, 0.15) is 12.4 Å². The van der Waals surface area contributed by atoms with E-state index in [1.165, 1.54) is 6.21 Å². The maximum absolute atomic E-state index is 12.2. The van der Waals surface area contributed by atoms with Crippen molar-refractivity contribution in [2.45, 2.75) is 6.61 Å². The number of benzene rings is 3. The minimum absolute atomic E-state index is 0.295. The normalized spacial score (nSPS) is 10.8. The van der Waals surface area contributed by atoms with Crippen molar-refractivity contribution in [1.82, 2.24) is 5.43 Å². The van der Waals surface area contributed by atoms with E-state index in [1.54, 1.807) is 48.5 Å². The van der Waals surface area contributed by atoms with Crippen molar-refractivity contribution in [3.8, 4) is 5.75 Å². The highest BCUT2D eigenvalue weighted by molar-refractivity contribution is 6.35. The molecule has 28 heavy (non-hydrogen) atoms. The van der Waals surface area contributed by atoms with Crippen LogP contribution < -0.4 is 10.2 Å². The average Bonchev–Trinajstić information content (AvgIpc) is 2.69. The highest BCUT2D eigenvalue weighted by Crippen LogP contribution is 2.23. The Balaban J connectivity index is 1.56. The van der Waals surface area contributed by atoms with Crippen molar-refractivity contribution in [3.05, 3.63) is 98.5 Å². The third-order valence-corrected chi connectivity index (χ3v) is 4.73. The van der Waals surface area contributed by atoms with Gasteiger partial charge in [0.25, 0.3) is 5.91 Å². The number of hydrogen-bond acceptors (Lipinski definition) is 3. The van der Waals surface area contributed by atoms with Crippen LogP contribution in [0.4, 0.5) is 0 Å². The Kier molecular flexibility index (Phi) is 6.93. The van der Waals surface area contributed by atoms with E-state index in [-0.39, 0.29) is 5.91 Å². The van der Waals surface area contributed by atoms with Gasteiger partial charge in [0.15, 0.2) is 0 Å². The fraction of sp³-hybridized carbons (Fsp3) is 0.0476. The molecule has 0 heterocycles. The Morgan fingerprint density at radius 3 is 2.43 bits per heavy atom. The molecule has 4 nitrogen and oxygen atoms in total. The highest BCUT2D eigenvalue weighted by atomic mass is 35.5. The molecule has 1 amide bonds. The van der Waals surface area contributed by atoms with E-state index in [0.29, 0.717) is 38.6 Å². The fourth-order valence-corrected chi connectivity index (χ4v) is 2.95. The van der Waals surface area contributed by atoms with Gasteiger partial charge in [-0.3, -0.25) is 4.79 Å². The molecule has 0 saturated carbocycles. The number of hydrazone groups is 1. The number of carbonyl (C=O) groups is 1. The standard InChI is InChI=1S/C21H15Cl3N2O2/c22-17-8-5-16(20(24)11-17)13-28-18-9-6-14(7-10-18)21(27)26-25-12-15-3-1-2-4-19(15)23/h1-12H,13H2,(H,26,27)/b25-12+. The largest absolute Gasteiger partial charge is 0.489 e. The molecule has 0 fully saturated rings. The molecule has 0 saturated heterocycles. The Morgan fingerprint density at radius 1 is 0.964 bits per heavy atom. The number of rotatable bonds is 6. The zero-order valence-corrected chi connectivity index (χ0v) is 16.8. The van der Waals surface area contributed by atoms with E-state index in [9.17, 15) is 4.79 Å². The topological polar surface area (TPSA) is 50.7 Å². The maximum atomic E-state index is 12.2. The minimum Gasteiger partial charge on any atom is -0.489 e. The molecule has 0 aliphatic rings. The molecule has 0 aliphatic heterocycles. The summed E-state index contributed by atoms with van der Waals surface area (Å²) in [6.45, 7) is 0.295. The molecule has 3 aromatic carbocycles. The van der Waals surface area contributed by atoms with Gasteiger partial charge in [-0.1, -0.05) is 59.1 Å². The van der Waals surface area contributed by atoms with Crippen molar-refractivity contribution < 1.29 is 9.53 Å². The quantitative estimate of drug-likeness (QED) is 0.383. The minimum atomic E-state index is -0.337. The van der Waals surface area contributed by atoms with Gasteiger partial charge in [-0.15, -0.1) is 0 Å². The van der Waals surface area contributed by atoms with Crippen LogP contribution in [0.25, 0.3) is 0 Å². The third kappa shape index (κ3) is 5.49. The summed E-state index contributed by atoms with van der Waals surface area (Å²) in [6.07, 6.45) is 1.49. The summed E-state index contributed by atoms with van der Waals surface area (Å²) in [4.78, 5) is 12.2. The van der Waals surface area contributed by atoms with Crippen LogP contribution in [0.5, 0.6) is 5.75 Å². The molecule has 0 bridgehead atoms. The first-order valence-corrected chi connectivity index (χ1v) is 9.41. The summed E-state index contributed by atoms with van der Waals surface area (Å²) in [6, 6.07) is 19.2. The molecular weight excluding hydrogens is 419 g/mol. The molecular formula is C21H15Cl3N2O2. The van der Waals surface area contributed by atoms with Crippen molar-refractivity contribution in [2.24, 2.45) is 5.10 Å². The monoisotopic (exact) mass is 432 g/mol. The molecule has 0 unspecified atom stereocenters. The van der Waals surface area contributed by atoms with Gasteiger partial charge in [0.05, 0.1) is 6.21 Å². The lowest BCUT2D eigenvalue weighted by Gasteiger charge is -2.08. The first-order chi connectivity index (χ1) is 13.5. The second-order valence-corrected chi connectivity index (χ2v) is 7.02. The van der Waals surface area contributed by atoms with Gasteiger partial charge in [0.2, 0.25) is 0 Å². The van der Waals surface area contributed by atoms with E-state index in [2.05, 4.69) is 10.5 Å². The first kappa shape index (κ1) is 20.2. The third-order valence-electron chi connectivity index (χ3n) is 3.80. The van der Waals surface area contributed by atoms with Crippen LogP contribution in [0.2, 0.25) is 15.1 Å². The number of amides is 1. The molecule has 0 radical (unpaired) electrons. The average molecular weight is 434 g/mol. The summed E-state index contributed by atoms with van der Waals surface area (Å²) in [5, 5.41) is 5.60. The fourth-order valence-electron chi connectivity index (χ4n) is 2.31. The van der Waals surface area contributed by atoms with Crippen molar-refractivity contribution in [1.29, 1.82) is 0 Å². The van der Waals surface area contributed by atoms with Crippen LogP contribution in [0.1, 0.15) is 21.5 Å². The summed E-state index contributed by atoms with van der Waals surface area (Å²) in [5.74, 6) is 0.276. The summed E-state index contributed by atoms with van der Waals surface area (Å²) < 4.78 is 5.70. The van der Waals surface area contributed by atoms with Crippen LogP contribution in [0, 0.1) is 0 Å². The van der Waals surface area contributed by atoms with Crippen LogP contribution in [-0.4, -0.2) is 12.1 Å². The lowest BCUT2D eigenvalue weighted by molar-refractivity contribution is 0.0955. The van der Waals surface area contributed by atoms with Gasteiger partial charge in [-0.05, 0) is 42.5 Å². The van der Waals surface area contributed by atoms with Gasteiger partial charge in [-0.25, -0.2) is 5.43 Å². The summed E-state index contributed by atoms with van der Waals surface area (Å²) in [5.41, 5.74) is 4.46. The predicted molar refractivity (Wildman–Crippen MR) is 114 cm³/mol. The molecule has 0 aromatic heterocycles. The summed E-state index contributed by atoms with van der Waals surface area (Å²) >= 11 is 18.0. The van der Waals surface area contributed by atoms with E-state index in [0.717, 1.165) is 5.56 Å². The Bertz CT molecular complexity index is 1000. The summed E-state index contributed by atoms with van der Waals surface area (Å²) in [7, 11) is 0. The number of hydrogen-bond donors (Lipinski definition) is 1. The zero-order valence-electron chi connectivity index (χ0n) is 14.5. The molecule has 1 N–H and O–H groups in total. The van der Waals surface area contributed by atoms with Crippen LogP contribution >= 0.6 is 34.8 Å². The zero-order chi connectivity index (χ0) is 19.9. The number of ether oxygens (including phenoxy) is 1. The molecule has 0 atom stereocenters. The van der Waals surface area contributed by atoms with Crippen LogP contribution in [0.3, 0.4) is 0 Å². The molecule has 7 heteroatoms. The second kappa shape index (κ2) is 9.60. The van der Waals surface area contributed by atoms with E-state index < -0.39 is 0 Å². The number of nitrogens with one attached hydrogen (secondary N) is 1. The molecule has 142 valence electrons. The predicted octanol–water partition coefficient (Wildman–Crippen LogP) is 5.99. The van der Waals surface area contributed by atoms with Crippen molar-refractivity contribution in [3.63, 3.8) is 0 Å². The smallest absolute Gasteiger partial charge is 0.271 e. The second-order valence-electron chi connectivity index (χ2n) is 5.77. The molecule has 3 aromatic rings. The number of halogens is 3. The first-order valence-electron chi connectivity index (χ1n) is 8.27. The van der Waals surface area contributed by atoms with Crippen molar-refractivity contribution in [2.75, 3.05) is 0 Å². The van der Waals surface area contributed by atoms with Crippen molar-refractivity contribution >= 4 is 46.9 Å². The Morgan fingerprint density at radius 2 is 1.71 bits per heavy atom. The lowest BCUT2D eigenvalue weighted by Crippen LogP contribution is -2.17. The van der Waals surface area contributed by atoms with Gasteiger partial charge >= 0.3 is 0 Å². The lowest BCUT2D eigenvalue weighted by atomic mass is 10.2. The number of carbonyl (C=O) groups excluding carboxylic acids is 1. The van der Waals surface area contributed by atoms with Gasteiger partial charge < -0.3 is 4.74 Å². The Hall–Kier alpha value is -2.53. The van der Waals surface area contributed by atoms with Gasteiger partial charge in [-0.2, -0.15) is 5.10 Å². The molecule has 0 aliphatic carbocycles. The van der Waals surface area contributed by atoms with E-state index >= 15 is 0 Å². The SMILES string of the molecule is O=C(N/N=C/c1ccccc1Cl)c1ccc(OCc2ccc(Cl)cc2Cl)cc1. The Labute approximate surface area is 177 Å². The van der Waals surface area contributed by atoms with Crippen LogP contribution in [0.15, 0.2) is 71.8 Å². The van der Waals surface area contributed by atoms with Crippen LogP contribution in [-0.2, 0) is 6.61 Å². The number of nitrogens with zero attached hydrogens (tertiary/aromatic N) is 1. The van der Waals surface area contributed by atoms with Gasteiger partial charge in [0, 0.05) is 31.8 Å². The molecule has 3 rings (SSSR count). The van der Waals surface area contributed by atoms with E-state index in [1.807, 2.05) is 18.2 Å².